The first-order valence-corrected chi connectivity index (χ1v) is 12.4. The predicted molar refractivity (Wildman–Crippen MR) is 104 cm³/mol. The van der Waals surface area contributed by atoms with E-state index in [0.717, 1.165) is 12.8 Å². The molecule has 1 fully saturated rings. The number of aromatic nitrogens is 4. The number of aromatic hydroxyl groups is 1. The summed E-state index contributed by atoms with van der Waals surface area (Å²) in [5, 5.41) is 19.7. The van der Waals surface area contributed by atoms with Gasteiger partial charge in [0.15, 0.2) is 25.7 Å². The molecule has 0 spiro atoms. The minimum atomic E-state index is -2.07. The van der Waals surface area contributed by atoms with Crippen molar-refractivity contribution < 1.29 is 19.4 Å². The molecule has 1 saturated heterocycles. The lowest BCUT2D eigenvalue weighted by Crippen LogP contribution is -2.46. The number of rotatable bonds is 7. The molecule has 3 rings (SSSR count). The van der Waals surface area contributed by atoms with Crippen LogP contribution in [0, 0.1) is 0 Å². The highest BCUT2D eigenvalue weighted by Gasteiger charge is 2.47. The van der Waals surface area contributed by atoms with E-state index in [9.17, 15) is 10.2 Å². The highest BCUT2D eigenvalue weighted by Crippen LogP contribution is 2.45. The van der Waals surface area contributed by atoms with Gasteiger partial charge in [0.1, 0.15) is 6.33 Å². The van der Waals surface area contributed by atoms with Gasteiger partial charge in [0.2, 0.25) is 5.88 Å². The Hall–Kier alpha value is -1.55. The number of aliphatic hydroxyl groups excluding tert-OH is 1. The van der Waals surface area contributed by atoms with Gasteiger partial charge in [-0.1, -0.05) is 27.2 Å². The summed E-state index contributed by atoms with van der Waals surface area (Å²) in [4.78, 5) is 12.2. The standard InChI is InChI=1S/C18H30N4O4Si/c1-6-7-18(2,3)27(4,5)26-13-8-12(9-23)25-17(13)22-11-21-14-15(22)19-10-20-16(14)24/h10-13,17,23H,6-9H2,1-5H3,(H,19,20,24)/t12-,13+,17+/m0/s1. The third kappa shape index (κ3) is 3.73. The summed E-state index contributed by atoms with van der Waals surface area (Å²) in [6.45, 7) is 11.2. The number of ether oxygens (including phenoxy) is 1. The minimum absolute atomic E-state index is 0.0659. The smallest absolute Gasteiger partial charge is 0.242 e. The van der Waals surface area contributed by atoms with Crippen molar-refractivity contribution in [2.24, 2.45) is 0 Å². The van der Waals surface area contributed by atoms with Crippen LogP contribution in [-0.2, 0) is 9.16 Å². The molecule has 2 aromatic rings. The second-order valence-electron chi connectivity index (χ2n) is 8.39. The molecule has 9 heteroatoms. The highest BCUT2D eigenvalue weighted by molar-refractivity contribution is 6.74. The van der Waals surface area contributed by atoms with Gasteiger partial charge in [-0.3, -0.25) is 4.57 Å². The zero-order valence-corrected chi connectivity index (χ0v) is 17.7. The van der Waals surface area contributed by atoms with Crippen LogP contribution in [0.15, 0.2) is 12.7 Å². The summed E-state index contributed by atoms with van der Waals surface area (Å²) >= 11 is 0. The van der Waals surface area contributed by atoms with Crippen LogP contribution in [0.1, 0.15) is 46.3 Å². The molecule has 3 atom stereocenters. The van der Waals surface area contributed by atoms with Crippen molar-refractivity contribution >= 4 is 19.5 Å². The second kappa shape index (κ2) is 7.46. The summed E-state index contributed by atoms with van der Waals surface area (Å²) in [6, 6.07) is 0. The molecule has 0 bridgehead atoms. The van der Waals surface area contributed by atoms with E-state index >= 15 is 0 Å². The van der Waals surface area contributed by atoms with Crippen LogP contribution in [0.3, 0.4) is 0 Å². The van der Waals surface area contributed by atoms with Crippen LogP contribution >= 0.6 is 0 Å². The average Bonchev–Trinajstić information content (AvgIpc) is 3.18. The fourth-order valence-electron chi connectivity index (χ4n) is 3.67. The van der Waals surface area contributed by atoms with Gasteiger partial charge in [-0.25, -0.2) is 9.97 Å². The summed E-state index contributed by atoms with van der Waals surface area (Å²) in [5.41, 5.74) is 0.821. The average molecular weight is 395 g/mol. The fraction of sp³-hybridized carbons (Fsp3) is 0.722. The lowest BCUT2D eigenvalue weighted by Gasteiger charge is -2.41. The Balaban J connectivity index is 1.92. The lowest BCUT2D eigenvalue weighted by atomic mass is 10.1. The van der Waals surface area contributed by atoms with Crippen LogP contribution in [0.5, 0.6) is 5.88 Å². The maximum Gasteiger partial charge on any atom is 0.242 e. The molecule has 0 aliphatic carbocycles. The molecule has 27 heavy (non-hydrogen) atoms. The van der Waals surface area contributed by atoms with Gasteiger partial charge >= 0.3 is 0 Å². The first-order valence-electron chi connectivity index (χ1n) is 9.51. The van der Waals surface area contributed by atoms with Crippen LogP contribution in [0.25, 0.3) is 11.2 Å². The fourth-order valence-corrected chi connectivity index (χ4v) is 5.81. The van der Waals surface area contributed by atoms with Gasteiger partial charge in [0, 0.05) is 6.42 Å². The zero-order valence-electron chi connectivity index (χ0n) is 16.7. The molecule has 0 radical (unpaired) electrons. The minimum Gasteiger partial charge on any atom is -0.492 e. The Labute approximate surface area is 160 Å². The van der Waals surface area contributed by atoms with E-state index in [4.69, 9.17) is 9.16 Å². The molecule has 1 aliphatic rings. The van der Waals surface area contributed by atoms with Gasteiger partial charge in [-0.2, -0.15) is 4.98 Å². The van der Waals surface area contributed by atoms with Gasteiger partial charge < -0.3 is 19.4 Å². The molecule has 2 N–H and O–H groups in total. The molecule has 0 saturated carbocycles. The van der Waals surface area contributed by atoms with Crippen molar-refractivity contribution in [1.29, 1.82) is 0 Å². The quantitative estimate of drug-likeness (QED) is 0.696. The van der Waals surface area contributed by atoms with E-state index in [1.54, 1.807) is 10.9 Å². The summed E-state index contributed by atoms with van der Waals surface area (Å²) in [6.07, 6.45) is 4.74. The Kier molecular flexibility index (Phi) is 5.58. The van der Waals surface area contributed by atoms with Crippen molar-refractivity contribution in [3.63, 3.8) is 0 Å². The Morgan fingerprint density at radius 1 is 1.33 bits per heavy atom. The molecule has 150 valence electrons. The topological polar surface area (TPSA) is 103 Å². The first-order chi connectivity index (χ1) is 12.7. The molecule has 0 unspecified atom stereocenters. The monoisotopic (exact) mass is 394 g/mol. The van der Waals surface area contributed by atoms with Crippen LogP contribution in [-0.4, -0.2) is 56.9 Å². The van der Waals surface area contributed by atoms with E-state index in [1.165, 1.54) is 6.33 Å². The molecular weight excluding hydrogens is 364 g/mol. The number of nitrogens with zero attached hydrogens (tertiary/aromatic N) is 4. The second-order valence-corrected chi connectivity index (χ2v) is 13.0. The van der Waals surface area contributed by atoms with Gasteiger partial charge in [-0.05, 0) is 24.6 Å². The zero-order chi connectivity index (χ0) is 19.8. The maximum absolute atomic E-state index is 9.91. The van der Waals surface area contributed by atoms with Crippen LogP contribution < -0.4 is 0 Å². The van der Waals surface area contributed by atoms with Crippen LogP contribution in [0.4, 0.5) is 0 Å². The van der Waals surface area contributed by atoms with E-state index in [1.807, 2.05) is 0 Å². The normalized spacial score (nSPS) is 24.0. The molecular formula is C18H30N4O4Si. The van der Waals surface area contributed by atoms with Crippen molar-refractivity contribution in [2.75, 3.05) is 6.61 Å². The Bertz CT molecular complexity index is 795. The van der Waals surface area contributed by atoms with E-state index in [-0.39, 0.29) is 29.7 Å². The van der Waals surface area contributed by atoms with Crippen molar-refractivity contribution in [3.8, 4) is 5.88 Å². The van der Waals surface area contributed by atoms with Crippen molar-refractivity contribution in [2.45, 2.75) is 76.6 Å². The molecule has 8 nitrogen and oxygen atoms in total. The van der Waals surface area contributed by atoms with Crippen LogP contribution in [0.2, 0.25) is 18.1 Å². The number of imidazole rings is 1. The van der Waals surface area contributed by atoms with Gasteiger partial charge in [0.25, 0.3) is 0 Å². The molecule has 0 amide bonds. The summed E-state index contributed by atoms with van der Waals surface area (Å²) in [5.74, 6) is -0.160. The number of aliphatic hydroxyl groups is 1. The number of fused-ring (bicyclic) bond motifs is 1. The maximum atomic E-state index is 9.91. The molecule has 3 heterocycles. The van der Waals surface area contributed by atoms with E-state index < -0.39 is 14.5 Å². The first kappa shape index (κ1) is 20.2. The predicted octanol–water partition coefficient (Wildman–Crippen LogP) is 2.98. The summed E-state index contributed by atoms with van der Waals surface area (Å²) in [7, 11) is -2.07. The van der Waals surface area contributed by atoms with E-state index in [2.05, 4.69) is 48.8 Å². The number of hydrogen-bond donors (Lipinski definition) is 2. The van der Waals surface area contributed by atoms with Crippen molar-refractivity contribution in [1.82, 2.24) is 19.5 Å². The largest absolute Gasteiger partial charge is 0.492 e. The van der Waals surface area contributed by atoms with Gasteiger partial charge in [-0.15, -0.1) is 0 Å². The molecule has 2 aromatic heterocycles. The molecule has 1 aliphatic heterocycles. The highest BCUT2D eigenvalue weighted by atomic mass is 28.4. The van der Waals surface area contributed by atoms with Gasteiger partial charge in [0.05, 0.1) is 25.1 Å². The summed E-state index contributed by atoms with van der Waals surface area (Å²) < 4.78 is 14.5. The SMILES string of the molecule is CCCC(C)(C)[Si](C)(C)O[C@@H]1C[C@@H](CO)O[C@H]1n1cnc2c(O)ncnc21. The molecule has 0 aromatic carbocycles. The lowest BCUT2D eigenvalue weighted by molar-refractivity contribution is -0.0461. The van der Waals surface area contributed by atoms with Crippen molar-refractivity contribution in [3.05, 3.63) is 12.7 Å². The third-order valence-corrected chi connectivity index (χ3v) is 10.3. The Morgan fingerprint density at radius 3 is 2.74 bits per heavy atom. The Morgan fingerprint density at radius 2 is 2.07 bits per heavy atom. The third-order valence-electron chi connectivity index (χ3n) is 5.91. The number of hydrogen-bond acceptors (Lipinski definition) is 7. The van der Waals surface area contributed by atoms with E-state index in [0.29, 0.717) is 17.6 Å².